The Kier molecular flexibility index (Phi) is 6.33. The maximum absolute atomic E-state index is 11.3. The standard InChI is InChI=1S/C26H24Cl2N4O4/c27-19-2-1-3-20(28)24(19)25-18(26(36-31-25)15-4-5-15)14-34-17-8-10-32(11-9-17)22-7-6-16(13-29-22)21-12-23(33)30-35-21/h1-3,6-7,12-13,15,17H,4-5,8-11,14H2,(H,30,33). The van der Waals surface area contributed by atoms with Crippen LogP contribution < -0.4 is 10.5 Å². The molecule has 4 aromatic rings. The highest BCUT2D eigenvalue weighted by Crippen LogP contribution is 2.46. The third kappa shape index (κ3) is 4.68. The van der Waals surface area contributed by atoms with E-state index < -0.39 is 0 Å². The first kappa shape index (κ1) is 23.3. The van der Waals surface area contributed by atoms with Gasteiger partial charge in [0.15, 0.2) is 5.76 Å². The van der Waals surface area contributed by atoms with Gasteiger partial charge in [-0.1, -0.05) is 34.4 Å². The zero-order valence-corrected chi connectivity index (χ0v) is 20.9. The fraction of sp³-hybridized carbons (Fsp3) is 0.346. The van der Waals surface area contributed by atoms with Crippen LogP contribution in [0.2, 0.25) is 10.0 Å². The quantitative estimate of drug-likeness (QED) is 0.312. The van der Waals surface area contributed by atoms with Gasteiger partial charge in [0.05, 0.1) is 28.8 Å². The van der Waals surface area contributed by atoms with Crippen LogP contribution in [0, 0.1) is 0 Å². The van der Waals surface area contributed by atoms with Crippen LogP contribution in [0.1, 0.15) is 42.9 Å². The summed E-state index contributed by atoms with van der Waals surface area (Å²) in [5.74, 6) is 2.64. The number of hydrogen-bond donors (Lipinski definition) is 1. The summed E-state index contributed by atoms with van der Waals surface area (Å²) < 4.78 is 17.3. The Balaban J connectivity index is 1.11. The van der Waals surface area contributed by atoms with Crippen LogP contribution in [-0.2, 0) is 11.3 Å². The van der Waals surface area contributed by atoms with Crippen LogP contribution in [0.4, 0.5) is 5.82 Å². The van der Waals surface area contributed by atoms with Crippen LogP contribution >= 0.6 is 23.2 Å². The molecule has 1 saturated carbocycles. The minimum atomic E-state index is -0.270. The first-order valence-corrected chi connectivity index (χ1v) is 12.8. The van der Waals surface area contributed by atoms with Crippen molar-refractivity contribution in [2.45, 2.75) is 44.3 Å². The summed E-state index contributed by atoms with van der Waals surface area (Å²) >= 11 is 12.9. The predicted molar refractivity (Wildman–Crippen MR) is 137 cm³/mol. The van der Waals surface area contributed by atoms with Crippen molar-refractivity contribution in [2.75, 3.05) is 18.0 Å². The molecule has 8 nitrogen and oxygen atoms in total. The van der Waals surface area contributed by atoms with Gasteiger partial charge in [0.25, 0.3) is 5.56 Å². The number of aromatic nitrogens is 3. The van der Waals surface area contributed by atoms with Crippen molar-refractivity contribution in [3.63, 3.8) is 0 Å². The average molecular weight is 527 g/mol. The van der Waals surface area contributed by atoms with E-state index in [0.717, 1.165) is 61.5 Å². The smallest absolute Gasteiger partial charge is 0.280 e. The average Bonchev–Trinajstić information content (AvgIpc) is 3.51. The van der Waals surface area contributed by atoms with Gasteiger partial charge in [0.1, 0.15) is 17.3 Å². The van der Waals surface area contributed by atoms with Gasteiger partial charge in [-0.2, -0.15) is 5.16 Å². The molecule has 1 aromatic carbocycles. The fourth-order valence-electron chi connectivity index (χ4n) is 4.65. The van der Waals surface area contributed by atoms with E-state index in [1.165, 1.54) is 6.07 Å². The summed E-state index contributed by atoms with van der Waals surface area (Å²) in [7, 11) is 0. The van der Waals surface area contributed by atoms with Crippen LogP contribution in [0.15, 0.2) is 56.4 Å². The number of benzene rings is 1. The van der Waals surface area contributed by atoms with Crippen LogP contribution in [0.25, 0.3) is 22.6 Å². The number of aromatic amines is 1. The van der Waals surface area contributed by atoms with Gasteiger partial charge in [-0.15, -0.1) is 0 Å². The molecule has 4 heterocycles. The topological polar surface area (TPSA) is 97.4 Å². The first-order chi connectivity index (χ1) is 17.6. The van der Waals surface area contributed by atoms with E-state index >= 15 is 0 Å². The Morgan fingerprint density at radius 2 is 1.86 bits per heavy atom. The van der Waals surface area contributed by atoms with E-state index in [9.17, 15) is 4.79 Å². The van der Waals surface area contributed by atoms with Crippen LogP contribution in [0.5, 0.6) is 0 Å². The lowest BCUT2D eigenvalue weighted by Gasteiger charge is -2.32. The Hall–Kier alpha value is -3.07. The van der Waals surface area contributed by atoms with Crippen LogP contribution in [0.3, 0.4) is 0 Å². The number of pyridine rings is 1. The molecule has 2 fully saturated rings. The van der Waals surface area contributed by atoms with E-state index in [4.69, 9.17) is 37.0 Å². The van der Waals surface area contributed by atoms with Gasteiger partial charge in [-0.25, -0.2) is 4.98 Å². The van der Waals surface area contributed by atoms with Crippen molar-refractivity contribution in [2.24, 2.45) is 0 Å². The van der Waals surface area contributed by atoms with Crippen molar-refractivity contribution >= 4 is 29.0 Å². The van der Waals surface area contributed by atoms with Crippen molar-refractivity contribution < 1.29 is 13.8 Å². The normalized spacial score (nSPS) is 16.6. The lowest BCUT2D eigenvalue weighted by Crippen LogP contribution is -2.37. The van der Waals surface area contributed by atoms with Gasteiger partial charge < -0.3 is 18.7 Å². The number of rotatable bonds is 7. The van der Waals surface area contributed by atoms with Crippen molar-refractivity contribution in [3.05, 3.63) is 74.3 Å². The number of nitrogens with one attached hydrogen (secondary N) is 1. The first-order valence-electron chi connectivity index (χ1n) is 12.0. The van der Waals surface area contributed by atoms with Gasteiger partial charge in [0, 0.05) is 41.9 Å². The van der Waals surface area contributed by atoms with E-state index in [1.807, 2.05) is 30.3 Å². The Labute approximate surface area is 217 Å². The third-order valence-electron chi connectivity index (χ3n) is 6.75. The molecule has 1 aliphatic heterocycles. The van der Waals surface area contributed by atoms with Crippen molar-refractivity contribution in [1.29, 1.82) is 0 Å². The molecule has 10 heteroatoms. The van der Waals surface area contributed by atoms with Gasteiger partial charge in [-0.05, 0) is 49.9 Å². The minimum absolute atomic E-state index is 0.117. The number of anilines is 1. The van der Waals surface area contributed by atoms with E-state index in [0.29, 0.717) is 39.6 Å². The lowest BCUT2D eigenvalue weighted by atomic mass is 10.0. The molecule has 1 saturated heterocycles. The van der Waals surface area contributed by atoms with E-state index in [1.54, 1.807) is 6.20 Å². The summed E-state index contributed by atoms with van der Waals surface area (Å²) in [4.78, 5) is 18.1. The predicted octanol–water partition coefficient (Wildman–Crippen LogP) is 6.05. The molecule has 3 aromatic heterocycles. The largest absolute Gasteiger partial charge is 0.378 e. The molecular weight excluding hydrogens is 503 g/mol. The molecule has 0 bridgehead atoms. The molecule has 2 aliphatic rings. The number of piperidine rings is 1. The molecule has 0 atom stereocenters. The van der Waals surface area contributed by atoms with Crippen LogP contribution in [-0.4, -0.2) is 34.5 Å². The summed E-state index contributed by atoms with van der Waals surface area (Å²) in [5.41, 5.74) is 2.80. The van der Waals surface area contributed by atoms with E-state index in [2.05, 4.69) is 20.2 Å². The number of nitrogens with zero attached hydrogens (tertiary/aromatic N) is 3. The lowest BCUT2D eigenvalue weighted by molar-refractivity contribution is 0.0245. The molecule has 0 spiro atoms. The highest BCUT2D eigenvalue weighted by Gasteiger charge is 2.34. The summed E-state index contributed by atoms with van der Waals surface area (Å²) in [6.45, 7) is 2.07. The Morgan fingerprint density at radius 1 is 1.08 bits per heavy atom. The van der Waals surface area contributed by atoms with Gasteiger partial charge >= 0.3 is 0 Å². The highest BCUT2D eigenvalue weighted by molar-refractivity contribution is 6.39. The zero-order valence-electron chi connectivity index (χ0n) is 19.4. The Morgan fingerprint density at radius 3 is 2.50 bits per heavy atom. The molecule has 1 aliphatic carbocycles. The van der Waals surface area contributed by atoms with E-state index in [-0.39, 0.29) is 11.7 Å². The number of halogens is 2. The van der Waals surface area contributed by atoms with Gasteiger partial charge in [0.2, 0.25) is 0 Å². The molecule has 1 N–H and O–H groups in total. The molecule has 36 heavy (non-hydrogen) atoms. The number of H-pyrrole nitrogens is 1. The summed E-state index contributed by atoms with van der Waals surface area (Å²) in [6, 6.07) is 10.7. The monoisotopic (exact) mass is 526 g/mol. The SMILES string of the molecule is O=c1cc(-c2ccc(N3CCC(OCc4c(-c5c(Cl)cccc5Cl)noc4C4CC4)CC3)nc2)o[nH]1. The Bertz CT molecular complexity index is 1400. The second kappa shape index (κ2) is 9.76. The van der Waals surface area contributed by atoms with Crippen molar-refractivity contribution in [1.82, 2.24) is 15.3 Å². The highest BCUT2D eigenvalue weighted by atomic mass is 35.5. The second-order valence-electron chi connectivity index (χ2n) is 9.22. The molecule has 0 amide bonds. The summed E-state index contributed by atoms with van der Waals surface area (Å²) in [5, 5.41) is 7.74. The third-order valence-corrected chi connectivity index (χ3v) is 7.38. The molecule has 0 radical (unpaired) electrons. The van der Waals surface area contributed by atoms with Crippen molar-refractivity contribution in [3.8, 4) is 22.6 Å². The molecule has 6 rings (SSSR count). The maximum Gasteiger partial charge on any atom is 0.280 e. The zero-order chi connectivity index (χ0) is 24.6. The maximum atomic E-state index is 11.3. The molecule has 186 valence electrons. The minimum Gasteiger partial charge on any atom is -0.378 e. The number of ether oxygens (including phenoxy) is 1. The second-order valence-corrected chi connectivity index (χ2v) is 10.0. The molecular formula is C26H24Cl2N4O4. The molecule has 0 unspecified atom stereocenters. The fourth-order valence-corrected chi connectivity index (χ4v) is 5.22. The number of hydrogen-bond acceptors (Lipinski definition) is 7. The van der Waals surface area contributed by atoms with Gasteiger partial charge in [-0.3, -0.25) is 4.79 Å². The summed E-state index contributed by atoms with van der Waals surface area (Å²) in [6.07, 6.45) is 5.78.